The highest BCUT2D eigenvalue weighted by Crippen LogP contribution is 2.37. The van der Waals surface area contributed by atoms with Crippen LogP contribution in [0.1, 0.15) is 33.6 Å². The van der Waals surface area contributed by atoms with E-state index in [0.717, 1.165) is 6.42 Å². The SMILES string of the molecule is CC1=CC=C2CC[C-](C)OC2C1C. The molecule has 13 heavy (non-hydrogen) atoms. The molecule has 0 saturated carbocycles. The van der Waals surface area contributed by atoms with Crippen LogP contribution in [0.15, 0.2) is 23.3 Å². The molecule has 2 aliphatic rings. The normalized spacial score (nSPS) is 35.0. The van der Waals surface area contributed by atoms with Gasteiger partial charge >= 0.3 is 0 Å². The van der Waals surface area contributed by atoms with E-state index < -0.39 is 0 Å². The first-order chi connectivity index (χ1) is 6.18. The fourth-order valence-corrected chi connectivity index (χ4v) is 2.04. The molecule has 0 radical (unpaired) electrons. The molecule has 1 saturated heterocycles. The molecule has 0 amide bonds. The summed E-state index contributed by atoms with van der Waals surface area (Å²) in [4.78, 5) is 0. The second-order valence-electron chi connectivity index (χ2n) is 4.18. The van der Waals surface area contributed by atoms with Crippen molar-refractivity contribution in [2.24, 2.45) is 5.92 Å². The Balaban J connectivity index is 2.21. The monoisotopic (exact) mass is 177 g/mol. The van der Waals surface area contributed by atoms with Crippen LogP contribution in [-0.4, -0.2) is 6.10 Å². The largest absolute Gasteiger partial charge is 0.543 e. The van der Waals surface area contributed by atoms with Gasteiger partial charge in [-0.3, -0.25) is 0 Å². The Morgan fingerprint density at radius 2 is 2.23 bits per heavy atom. The summed E-state index contributed by atoms with van der Waals surface area (Å²) in [5.41, 5.74) is 2.91. The van der Waals surface area contributed by atoms with Crippen molar-refractivity contribution in [3.8, 4) is 0 Å². The van der Waals surface area contributed by atoms with Crippen molar-refractivity contribution >= 4 is 0 Å². The molecule has 1 heterocycles. The van der Waals surface area contributed by atoms with Crippen molar-refractivity contribution < 1.29 is 4.74 Å². The molecular formula is C12H17O-. The molecule has 1 nitrogen and oxygen atoms in total. The molecular weight excluding hydrogens is 160 g/mol. The fourth-order valence-electron chi connectivity index (χ4n) is 2.04. The summed E-state index contributed by atoms with van der Waals surface area (Å²) in [6.45, 7) is 6.53. The average Bonchev–Trinajstić information content (AvgIpc) is 2.12. The average molecular weight is 177 g/mol. The molecule has 1 heteroatoms. The Labute approximate surface area is 80.5 Å². The zero-order chi connectivity index (χ0) is 9.42. The van der Waals surface area contributed by atoms with Gasteiger partial charge in [0, 0.05) is 5.92 Å². The van der Waals surface area contributed by atoms with Gasteiger partial charge < -0.3 is 4.74 Å². The minimum Gasteiger partial charge on any atom is -0.543 e. The van der Waals surface area contributed by atoms with E-state index in [0.29, 0.717) is 12.0 Å². The van der Waals surface area contributed by atoms with Gasteiger partial charge in [-0.1, -0.05) is 31.1 Å². The van der Waals surface area contributed by atoms with Gasteiger partial charge in [-0.2, -0.15) is 19.4 Å². The molecule has 2 unspecified atom stereocenters. The van der Waals surface area contributed by atoms with Crippen LogP contribution in [0.4, 0.5) is 0 Å². The summed E-state index contributed by atoms with van der Waals surface area (Å²) in [7, 11) is 0. The van der Waals surface area contributed by atoms with E-state index in [1.165, 1.54) is 23.7 Å². The van der Waals surface area contributed by atoms with Crippen LogP contribution in [0.3, 0.4) is 0 Å². The number of fused-ring (bicyclic) bond motifs is 1. The zero-order valence-electron chi connectivity index (χ0n) is 8.63. The summed E-state index contributed by atoms with van der Waals surface area (Å²) in [5, 5.41) is 0. The van der Waals surface area contributed by atoms with E-state index in [9.17, 15) is 0 Å². The van der Waals surface area contributed by atoms with Crippen LogP contribution in [0, 0.1) is 12.0 Å². The zero-order valence-corrected chi connectivity index (χ0v) is 8.63. The van der Waals surface area contributed by atoms with E-state index in [1.54, 1.807) is 0 Å². The van der Waals surface area contributed by atoms with Gasteiger partial charge in [0.25, 0.3) is 0 Å². The van der Waals surface area contributed by atoms with Gasteiger partial charge in [0.1, 0.15) is 0 Å². The first-order valence-electron chi connectivity index (χ1n) is 5.05. The Morgan fingerprint density at radius 1 is 1.46 bits per heavy atom. The minimum absolute atomic E-state index is 0.332. The van der Waals surface area contributed by atoms with Crippen LogP contribution in [0.25, 0.3) is 0 Å². The number of ether oxygens (including phenoxy) is 1. The Hall–Kier alpha value is -0.560. The molecule has 1 aliphatic heterocycles. The molecule has 2 atom stereocenters. The molecule has 0 bridgehead atoms. The second-order valence-corrected chi connectivity index (χ2v) is 4.18. The Morgan fingerprint density at radius 3 is 3.00 bits per heavy atom. The maximum Gasteiger partial charge on any atom is 0.0519 e. The third-order valence-corrected chi connectivity index (χ3v) is 3.19. The van der Waals surface area contributed by atoms with Crippen LogP contribution >= 0.6 is 0 Å². The number of allylic oxidation sites excluding steroid dienone is 2. The smallest absolute Gasteiger partial charge is 0.0519 e. The van der Waals surface area contributed by atoms with Gasteiger partial charge in [-0.05, 0) is 12.5 Å². The third kappa shape index (κ3) is 1.58. The van der Waals surface area contributed by atoms with E-state index in [2.05, 4.69) is 32.9 Å². The Bertz CT molecular complexity index is 262. The lowest BCUT2D eigenvalue weighted by Gasteiger charge is -2.45. The summed E-state index contributed by atoms with van der Waals surface area (Å²) in [6, 6.07) is 0. The van der Waals surface area contributed by atoms with E-state index in [4.69, 9.17) is 4.74 Å². The standard InChI is InChI=1S/C12H17O/c1-8-4-6-11-7-5-9(2)13-12(11)10(8)3/h4,6,10,12H,5,7H2,1-3H3/q-1. The summed E-state index contributed by atoms with van der Waals surface area (Å²) in [5.74, 6) is 0.551. The van der Waals surface area contributed by atoms with Crippen LogP contribution in [0.2, 0.25) is 0 Å². The van der Waals surface area contributed by atoms with Gasteiger partial charge in [-0.25, -0.2) is 0 Å². The number of rotatable bonds is 0. The highest BCUT2D eigenvalue weighted by atomic mass is 16.5. The molecule has 0 aromatic heterocycles. The van der Waals surface area contributed by atoms with Crippen molar-refractivity contribution in [2.45, 2.75) is 39.7 Å². The van der Waals surface area contributed by atoms with E-state index >= 15 is 0 Å². The van der Waals surface area contributed by atoms with Gasteiger partial charge in [0.2, 0.25) is 0 Å². The highest BCUT2D eigenvalue weighted by molar-refractivity contribution is 5.30. The molecule has 2 rings (SSSR count). The topological polar surface area (TPSA) is 9.23 Å². The van der Waals surface area contributed by atoms with Crippen LogP contribution in [0.5, 0.6) is 0 Å². The highest BCUT2D eigenvalue weighted by Gasteiger charge is 2.25. The van der Waals surface area contributed by atoms with Crippen LogP contribution in [-0.2, 0) is 4.74 Å². The molecule has 1 fully saturated rings. The maximum absolute atomic E-state index is 5.88. The number of hydrogen-bond donors (Lipinski definition) is 0. The summed E-state index contributed by atoms with van der Waals surface area (Å²) in [6.07, 6.45) is 8.29. The quantitative estimate of drug-likeness (QED) is 0.516. The van der Waals surface area contributed by atoms with Crippen molar-refractivity contribution in [3.63, 3.8) is 0 Å². The van der Waals surface area contributed by atoms with Crippen molar-refractivity contribution in [1.29, 1.82) is 0 Å². The molecule has 0 N–H and O–H groups in total. The van der Waals surface area contributed by atoms with Crippen molar-refractivity contribution in [3.05, 3.63) is 29.4 Å². The lowest BCUT2D eigenvalue weighted by Crippen LogP contribution is -2.31. The molecule has 0 aromatic carbocycles. The summed E-state index contributed by atoms with van der Waals surface area (Å²) >= 11 is 0. The number of hydrogen-bond acceptors (Lipinski definition) is 1. The predicted octanol–water partition coefficient (Wildman–Crippen LogP) is 3.24. The summed E-state index contributed by atoms with van der Waals surface area (Å²) < 4.78 is 5.88. The van der Waals surface area contributed by atoms with Gasteiger partial charge in [-0.15, -0.1) is 0 Å². The second kappa shape index (κ2) is 3.30. The molecule has 0 spiro atoms. The molecule has 72 valence electrons. The maximum atomic E-state index is 5.88. The lowest BCUT2D eigenvalue weighted by atomic mass is 9.82. The van der Waals surface area contributed by atoms with Gasteiger partial charge in [0.05, 0.1) is 6.10 Å². The first-order valence-corrected chi connectivity index (χ1v) is 5.05. The first kappa shape index (κ1) is 9.01. The lowest BCUT2D eigenvalue weighted by molar-refractivity contribution is 0.0370. The van der Waals surface area contributed by atoms with Gasteiger partial charge in [0.15, 0.2) is 0 Å². The molecule has 0 aromatic rings. The van der Waals surface area contributed by atoms with Crippen LogP contribution < -0.4 is 0 Å². The van der Waals surface area contributed by atoms with Crippen molar-refractivity contribution in [2.75, 3.05) is 0 Å². The van der Waals surface area contributed by atoms with E-state index in [1.807, 2.05) is 0 Å². The van der Waals surface area contributed by atoms with E-state index in [-0.39, 0.29) is 0 Å². The minimum atomic E-state index is 0.332. The third-order valence-electron chi connectivity index (χ3n) is 3.19. The fraction of sp³-hybridized carbons (Fsp3) is 0.583. The Kier molecular flexibility index (Phi) is 2.29. The van der Waals surface area contributed by atoms with Crippen molar-refractivity contribution in [1.82, 2.24) is 0 Å². The molecule has 1 aliphatic carbocycles. The predicted molar refractivity (Wildman–Crippen MR) is 54.0 cm³/mol.